The van der Waals surface area contributed by atoms with E-state index in [1.54, 1.807) is 24.4 Å². The van der Waals surface area contributed by atoms with Crippen LogP contribution in [0.15, 0.2) is 65.7 Å². The van der Waals surface area contributed by atoms with Crippen LogP contribution in [0.25, 0.3) is 17.3 Å². The normalized spacial score (nSPS) is 11.5. The maximum absolute atomic E-state index is 12.9. The molecule has 1 amide bonds. The lowest BCUT2D eigenvalue weighted by Crippen LogP contribution is -2.12. The SMILES string of the molecule is COC(=O)/C=C/c1cccc(-c2c(C)c(C(=O)Nc3ccc(S(C)(=O)=O)cc3)cn2C)c1. The molecule has 2 aromatic carbocycles. The molecule has 0 aliphatic carbocycles. The summed E-state index contributed by atoms with van der Waals surface area (Å²) in [4.78, 5) is 24.4. The van der Waals surface area contributed by atoms with Crippen LogP contribution in [-0.4, -0.2) is 38.2 Å². The summed E-state index contributed by atoms with van der Waals surface area (Å²) in [5, 5.41) is 2.81. The van der Waals surface area contributed by atoms with Gasteiger partial charge >= 0.3 is 5.97 Å². The average Bonchev–Trinajstić information content (AvgIpc) is 3.06. The molecule has 8 heteroatoms. The van der Waals surface area contributed by atoms with Crippen LogP contribution in [-0.2, 0) is 26.4 Å². The first-order valence-corrected chi connectivity index (χ1v) is 11.6. The highest BCUT2D eigenvalue weighted by Crippen LogP contribution is 2.29. The van der Waals surface area contributed by atoms with Gasteiger partial charge in [-0.15, -0.1) is 0 Å². The van der Waals surface area contributed by atoms with Crippen molar-refractivity contribution in [1.82, 2.24) is 4.57 Å². The number of ether oxygens (including phenoxy) is 1. The second-order valence-electron chi connectivity index (χ2n) is 7.36. The molecule has 3 rings (SSSR count). The maximum Gasteiger partial charge on any atom is 0.330 e. The van der Waals surface area contributed by atoms with E-state index in [2.05, 4.69) is 10.1 Å². The van der Waals surface area contributed by atoms with Crippen molar-refractivity contribution in [3.8, 4) is 11.3 Å². The summed E-state index contributed by atoms with van der Waals surface area (Å²) < 4.78 is 29.7. The number of benzene rings is 2. The second kappa shape index (κ2) is 9.23. The Kier molecular flexibility index (Phi) is 6.64. The Bertz CT molecular complexity index is 1300. The minimum atomic E-state index is -3.30. The molecule has 3 aromatic rings. The van der Waals surface area contributed by atoms with Crippen LogP contribution in [0.1, 0.15) is 21.5 Å². The largest absolute Gasteiger partial charge is 0.466 e. The predicted molar refractivity (Wildman–Crippen MR) is 124 cm³/mol. The quantitative estimate of drug-likeness (QED) is 0.453. The van der Waals surface area contributed by atoms with Crippen molar-refractivity contribution in [2.45, 2.75) is 11.8 Å². The Hall–Kier alpha value is -3.65. The summed E-state index contributed by atoms with van der Waals surface area (Å²) in [5.74, 6) is -0.729. The minimum absolute atomic E-state index is 0.190. The van der Waals surface area contributed by atoms with Crippen molar-refractivity contribution in [2.24, 2.45) is 7.05 Å². The van der Waals surface area contributed by atoms with E-state index in [4.69, 9.17) is 0 Å². The van der Waals surface area contributed by atoms with Crippen molar-refractivity contribution in [3.05, 3.63) is 77.5 Å². The number of aromatic nitrogens is 1. The zero-order valence-corrected chi connectivity index (χ0v) is 19.1. The smallest absolute Gasteiger partial charge is 0.330 e. The maximum atomic E-state index is 12.9. The van der Waals surface area contributed by atoms with E-state index in [9.17, 15) is 18.0 Å². The van der Waals surface area contributed by atoms with Gasteiger partial charge in [-0.2, -0.15) is 0 Å². The number of methoxy groups -OCH3 is 1. The first kappa shape index (κ1) is 23.0. The Labute approximate surface area is 187 Å². The molecule has 0 bridgehead atoms. The van der Waals surface area contributed by atoms with Gasteiger partial charge in [0.2, 0.25) is 0 Å². The number of sulfone groups is 1. The van der Waals surface area contributed by atoms with Gasteiger partial charge in [0.15, 0.2) is 9.84 Å². The van der Waals surface area contributed by atoms with Crippen LogP contribution < -0.4 is 5.32 Å². The summed E-state index contributed by atoms with van der Waals surface area (Å²) in [6.07, 6.45) is 5.91. The summed E-state index contributed by atoms with van der Waals surface area (Å²) in [5.41, 5.74) is 4.40. The van der Waals surface area contributed by atoms with Crippen molar-refractivity contribution in [2.75, 3.05) is 18.7 Å². The molecule has 0 unspecified atom stereocenters. The van der Waals surface area contributed by atoms with Crippen LogP contribution in [0.2, 0.25) is 0 Å². The highest BCUT2D eigenvalue weighted by atomic mass is 32.2. The second-order valence-corrected chi connectivity index (χ2v) is 9.38. The number of nitrogens with zero attached hydrogens (tertiary/aromatic N) is 1. The van der Waals surface area contributed by atoms with E-state index in [0.717, 1.165) is 28.6 Å². The first-order valence-electron chi connectivity index (χ1n) is 9.74. The van der Waals surface area contributed by atoms with Crippen molar-refractivity contribution >= 4 is 33.5 Å². The molecular formula is C24H24N2O5S. The number of carbonyl (C=O) groups excluding carboxylic acids is 2. The van der Waals surface area contributed by atoms with Gasteiger partial charge in [0.1, 0.15) is 0 Å². The number of aryl methyl sites for hydroxylation is 1. The van der Waals surface area contributed by atoms with Crippen LogP contribution in [0, 0.1) is 6.92 Å². The molecule has 0 fully saturated rings. The number of nitrogens with one attached hydrogen (secondary N) is 1. The fourth-order valence-corrected chi connectivity index (χ4v) is 4.03. The molecule has 0 saturated carbocycles. The first-order chi connectivity index (χ1) is 15.1. The molecule has 0 radical (unpaired) electrons. The van der Waals surface area contributed by atoms with Crippen molar-refractivity contribution < 1.29 is 22.7 Å². The van der Waals surface area contributed by atoms with Gasteiger partial charge in [0.25, 0.3) is 5.91 Å². The Balaban J connectivity index is 1.87. The Morgan fingerprint density at radius 3 is 2.41 bits per heavy atom. The highest BCUT2D eigenvalue weighted by molar-refractivity contribution is 7.90. The Morgan fingerprint density at radius 2 is 1.78 bits per heavy atom. The number of amides is 1. The predicted octanol–water partition coefficient (Wildman–Crippen LogP) is 3.84. The summed E-state index contributed by atoms with van der Waals surface area (Å²) in [6.45, 7) is 1.87. The minimum Gasteiger partial charge on any atom is -0.466 e. The summed E-state index contributed by atoms with van der Waals surface area (Å²) in [6, 6.07) is 13.6. The van der Waals surface area contributed by atoms with E-state index in [-0.39, 0.29) is 10.8 Å². The lowest BCUT2D eigenvalue weighted by atomic mass is 10.0. The van der Waals surface area contributed by atoms with Crippen molar-refractivity contribution in [1.29, 1.82) is 0 Å². The molecule has 1 aromatic heterocycles. The third-order valence-electron chi connectivity index (χ3n) is 4.99. The van der Waals surface area contributed by atoms with Gasteiger partial charge in [0, 0.05) is 31.3 Å². The molecule has 0 aliphatic heterocycles. The van der Waals surface area contributed by atoms with Gasteiger partial charge in [-0.25, -0.2) is 13.2 Å². The van der Waals surface area contributed by atoms with Gasteiger partial charge in [-0.05, 0) is 60.0 Å². The monoisotopic (exact) mass is 452 g/mol. The molecule has 0 atom stereocenters. The standard InChI is InChI=1S/C24H24N2O5S/c1-16-21(24(28)25-19-9-11-20(12-10-19)32(4,29)30)15-26(2)23(16)18-7-5-6-17(14-18)8-13-22(27)31-3/h5-15H,1-4H3,(H,25,28)/b13-8+. The third-order valence-corrected chi connectivity index (χ3v) is 6.12. The van der Waals surface area contributed by atoms with Crippen LogP contribution >= 0.6 is 0 Å². The number of anilines is 1. The van der Waals surface area contributed by atoms with E-state index in [1.807, 2.05) is 42.8 Å². The fraction of sp³-hybridized carbons (Fsp3) is 0.167. The number of carbonyl (C=O) groups is 2. The zero-order chi connectivity index (χ0) is 23.5. The molecule has 0 saturated heterocycles. The van der Waals surface area contributed by atoms with E-state index < -0.39 is 15.8 Å². The number of rotatable bonds is 6. The average molecular weight is 453 g/mol. The van der Waals surface area contributed by atoms with Crippen LogP contribution in [0.3, 0.4) is 0 Å². The van der Waals surface area contributed by atoms with Crippen LogP contribution in [0.4, 0.5) is 5.69 Å². The number of hydrogen-bond acceptors (Lipinski definition) is 5. The van der Waals surface area contributed by atoms with Crippen LogP contribution in [0.5, 0.6) is 0 Å². The molecular weight excluding hydrogens is 428 g/mol. The summed E-state index contributed by atoms with van der Waals surface area (Å²) in [7, 11) is -0.120. The molecule has 1 N–H and O–H groups in total. The third kappa shape index (κ3) is 5.15. The van der Waals surface area contributed by atoms with Gasteiger partial charge in [0.05, 0.1) is 23.3 Å². The molecule has 1 heterocycles. The number of esters is 1. The van der Waals surface area contributed by atoms with Gasteiger partial charge < -0.3 is 14.6 Å². The lowest BCUT2D eigenvalue weighted by Gasteiger charge is -2.08. The van der Waals surface area contributed by atoms with Gasteiger partial charge in [-0.3, -0.25) is 4.79 Å². The van der Waals surface area contributed by atoms with E-state index >= 15 is 0 Å². The molecule has 0 aliphatic rings. The van der Waals surface area contributed by atoms with Crippen molar-refractivity contribution in [3.63, 3.8) is 0 Å². The lowest BCUT2D eigenvalue weighted by molar-refractivity contribution is -0.134. The molecule has 166 valence electrons. The zero-order valence-electron chi connectivity index (χ0n) is 18.2. The van der Waals surface area contributed by atoms with E-state index in [0.29, 0.717) is 11.3 Å². The fourth-order valence-electron chi connectivity index (χ4n) is 3.40. The summed E-state index contributed by atoms with van der Waals surface area (Å²) >= 11 is 0. The van der Waals surface area contributed by atoms with Gasteiger partial charge in [-0.1, -0.05) is 18.2 Å². The number of hydrogen-bond donors (Lipinski definition) is 1. The molecule has 0 spiro atoms. The molecule has 7 nitrogen and oxygen atoms in total. The van der Waals surface area contributed by atoms with E-state index in [1.165, 1.54) is 25.3 Å². The highest BCUT2D eigenvalue weighted by Gasteiger charge is 2.18. The topological polar surface area (TPSA) is 94.5 Å². The Morgan fingerprint density at radius 1 is 1.09 bits per heavy atom. The molecule has 32 heavy (non-hydrogen) atoms.